The van der Waals surface area contributed by atoms with Crippen molar-refractivity contribution in [2.24, 2.45) is 10.9 Å². The van der Waals surface area contributed by atoms with Gasteiger partial charge in [-0.3, -0.25) is 15.0 Å². The maximum Gasteiger partial charge on any atom is 0.0577 e. The van der Waals surface area contributed by atoms with Gasteiger partial charge in [0.25, 0.3) is 0 Å². The molecule has 3 nitrogen and oxygen atoms in total. The smallest absolute Gasteiger partial charge is 0.0577 e. The van der Waals surface area contributed by atoms with E-state index in [0.29, 0.717) is 17.8 Å². The van der Waals surface area contributed by atoms with Gasteiger partial charge in [0.05, 0.1) is 6.54 Å². The molecule has 0 aromatic carbocycles. The van der Waals surface area contributed by atoms with Gasteiger partial charge in [0.15, 0.2) is 0 Å². The van der Waals surface area contributed by atoms with Crippen LogP contribution in [0.2, 0.25) is 0 Å². The van der Waals surface area contributed by atoms with Gasteiger partial charge < -0.3 is 0 Å². The number of allylic oxidation sites excluding steroid dienone is 1. The highest BCUT2D eigenvalue weighted by molar-refractivity contribution is 5.97. The quantitative estimate of drug-likeness (QED) is 0.633. The van der Waals surface area contributed by atoms with E-state index >= 15 is 0 Å². The summed E-state index contributed by atoms with van der Waals surface area (Å²) in [6, 6.07) is 10.1. The van der Waals surface area contributed by atoms with Crippen LogP contribution in [0, 0.1) is 12.8 Å². The third-order valence-electron chi connectivity index (χ3n) is 4.07. The Kier molecular flexibility index (Phi) is 10.2. The molecule has 1 aliphatic heterocycles. The molecule has 0 unspecified atom stereocenters. The zero-order chi connectivity index (χ0) is 20.2. The van der Waals surface area contributed by atoms with Crippen LogP contribution >= 0.6 is 0 Å². The third kappa shape index (κ3) is 9.28. The number of rotatable bonds is 3. The Labute approximate surface area is 165 Å². The van der Waals surface area contributed by atoms with Gasteiger partial charge in [-0.15, -0.1) is 0 Å². The number of aryl methyl sites for hydroxylation is 1. The lowest BCUT2D eigenvalue weighted by Crippen LogP contribution is -2.00. The van der Waals surface area contributed by atoms with Gasteiger partial charge in [0.2, 0.25) is 0 Å². The molecule has 0 bridgehead atoms. The lowest BCUT2D eigenvalue weighted by atomic mass is 10.1. The Balaban J connectivity index is 0.000000204. The average Bonchev–Trinajstić information content (AvgIpc) is 3.19. The number of aliphatic imine (C=N–C) groups is 1. The Morgan fingerprint density at radius 1 is 0.778 bits per heavy atom. The molecule has 0 saturated heterocycles. The average molecular weight is 366 g/mol. The predicted molar refractivity (Wildman–Crippen MR) is 118 cm³/mol. The minimum absolute atomic E-state index is 0.542. The molecule has 0 spiro atoms. The van der Waals surface area contributed by atoms with E-state index in [4.69, 9.17) is 0 Å². The number of aromatic nitrogens is 2. The SMILES string of the molecule is CC(C)C1=NCC=C1.CC(C)c1ccccn1.Cc1ccnc(C(C)C)c1. The highest BCUT2D eigenvalue weighted by Crippen LogP contribution is 2.11. The van der Waals surface area contributed by atoms with Crippen LogP contribution in [0.15, 0.2) is 59.9 Å². The Bertz CT molecular complexity index is 713. The summed E-state index contributed by atoms with van der Waals surface area (Å²) < 4.78 is 0. The van der Waals surface area contributed by atoms with Crippen LogP contribution in [-0.4, -0.2) is 22.2 Å². The van der Waals surface area contributed by atoms with Crippen molar-refractivity contribution in [2.45, 2.75) is 60.3 Å². The van der Waals surface area contributed by atoms with Gasteiger partial charge in [-0.25, -0.2) is 0 Å². The molecule has 0 amide bonds. The highest BCUT2D eigenvalue weighted by Gasteiger charge is 2.02. The molecule has 146 valence electrons. The maximum absolute atomic E-state index is 4.24. The molecule has 3 heterocycles. The second kappa shape index (κ2) is 12.2. The predicted octanol–water partition coefficient (Wildman–Crippen LogP) is 6.37. The lowest BCUT2D eigenvalue weighted by Gasteiger charge is -2.03. The monoisotopic (exact) mass is 365 g/mol. The molecule has 3 rings (SSSR count). The Morgan fingerprint density at radius 3 is 1.78 bits per heavy atom. The summed E-state index contributed by atoms with van der Waals surface area (Å²) in [6.45, 7) is 15.9. The summed E-state index contributed by atoms with van der Waals surface area (Å²) in [4.78, 5) is 12.7. The van der Waals surface area contributed by atoms with Crippen molar-refractivity contribution in [3.63, 3.8) is 0 Å². The first kappa shape index (κ1) is 22.8. The van der Waals surface area contributed by atoms with Crippen LogP contribution in [0.25, 0.3) is 0 Å². The molecule has 0 N–H and O–H groups in total. The standard InChI is InChI=1S/C9H13N.C8H11N.C7H11N/c1-7(2)9-6-8(3)4-5-10-9;1-7(2)8-5-3-4-6-9-8;1-6(2)7-4-3-5-8-7/h4-7H,1-3H3;3-7H,1-2H3;3-4,6H,5H2,1-2H3. The van der Waals surface area contributed by atoms with E-state index < -0.39 is 0 Å². The molecule has 2 aromatic heterocycles. The topological polar surface area (TPSA) is 38.1 Å². The van der Waals surface area contributed by atoms with Crippen molar-refractivity contribution < 1.29 is 0 Å². The van der Waals surface area contributed by atoms with Gasteiger partial charge >= 0.3 is 0 Å². The molecular formula is C24H35N3. The number of hydrogen-bond donors (Lipinski definition) is 0. The fraction of sp³-hybridized carbons (Fsp3) is 0.458. The van der Waals surface area contributed by atoms with Crippen molar-refractivity contribution in [2.75, 3.05) is 6.54 Å². The van der Waals surface area contributed by atoms with Crippen molar-refractivity contribution in [1.29, 1.82) is 0 Å². The van der Waals surface area contributed by atoms with Crippen LogP contribution in [-0.2, 0) is 0 Å². The number of pyridine rings is 2. The normalized spacial score (nSPS) is 12.4. The summed E-state index contributed by atoms with van der Waals surface area (Å²) in [5.41, 5.74) is 4.88. The van der Waals surface area contributed by atoms with E-state index in [1.807, 2.05) is 36.7 Å². The number of nitrogens with zero attached hydrogens (tertiary/aromatic N) is 3. The van der Waals surface area contributed by atoms with E-state index in [1.54, 1.807) is 0 Å². The summed E-state index contributed by atoms with van der Waals surface area (Å²) in [5.74, 6) is 1.69. The second-order valence-electron chi connectivity index (χ2n) is 7.64. The summed E-state index contributed by atoms with van der Waals surface area (Å²) >= 11 is 0. The third-order valence-corrected chi connectivity index (χ3v) is 4.07. The Morgan fingerprint density at radius 2 is 1.44 bits per heavy atom. The first-order valence-corrected chi connectivity index (χ1v) is 9.85. The van der Waals surface area contributed by atoms with Crippen LogP contribution in [0.5, 0.6) is 0 Å². The van der Waals surface area contributed by atoms with Crippen molar-refractivity contribution in [3.8, 4) is 0 Å². The van der Waals surface area contributed by atoms with E-state index in [-0.39, 0.29) is 0 Å². The minimum atomic E-state index is 0.542. The Hall–Kier alpha value is -2.29. The van der Waals surface area contributed by atoms with Crippen LogP contribution in [0.1, 0.15) is 70.3 Å². The van der Waals surface area contributed by atoms with Gasteiger partial charge in [0, 0.05) is 29.5 Å². The van der Waals surface area contributed by atoms with E-state index in [9.17, 15) is 0 Å². The van der Waals surface area contributed by atoms with E-state index in [1.165, 1.54) is 17.0 Å². The maximum atomic E-state index is 4.24. The largest absolute Gasteiger partial charge is 0.285 e. The number of hydrogen-bond acceptors (Lipinski definition) is 3. The molecule has 1 aliphatic rings. The van der Waals surface area contributed by atoms with Crippen molar-refractivity contribution >= 4 is 5.71 Å². The summed E-state index contributed by atoms with van der Waals surface area (Å²) in [5, 5.41) is 0. The summed E-state index contributed by atoms with van der Waals surface area (Å²) in [7, 11) is 0. The fourth-order valence-electron chi connectivity index (χ4n) is 2.35. The van der Waals surface area contributed by atoms with Gasteiger partial charge in [-0.05, 0) is 60.6 Å². The summed E-state index contributed by atoms with van der Waals surface area (Å²) in [6.07, 6.45) is 7.89. The van der Waals surface area contributed by atoms with E-state index in [0.717, 1.165) is 12.2 Å². The minimum Gasteiger partial charge on any atom is -0.285 e. The van der Waals surface area contributed by atoms with Crippen LogP contribution in [0.4, 0.5) is 0 Å². The van der Waals surface area contributed by atoms with Crippen molar-refractivity contribution in [3.05, 3.63) is 71.8 Å². The molecule has 0 saturated carbocycles. The molecule has 0 aliphatic carbocycles. The molecule has 2 aromatic rings. The molecule has 0 fully saturated rings. The molecular weight excluding hydrogens is 330 g/mol. The first-order valence-electron chi connectivity index (χ1n) is 9.85. The zero-order valence-electron chi connectivity index (χ0n) is 18.0. The van der Waals surface area contributed by atoms with Gasteiger partial charge in [-0.2, -0.15) is 0 Å². The van der Waals surface area contributed by atoms with Gasteiger partial charge in [-0.1, -0.05) is 53.7 Å². The fourth-order valence-corrected chi connectivity index (χ4v) is 2.35. The lowest BCUT2D eigenvalue weighted by molar-refractivity contribution is 0.820. The zero-order valence-corrected chi connectivity index (χ0v) is 18.0. The highest BCUT2D eigenvalue weighted by atomic mass is 14.7. The van der Waals surface area contributed by atoms with E-state index in [2.05, 4.69) is 81.6 Å². The van der Waals surface area contributed by atoms with Crippen molar-refractivity contribution in [1.82, 2.24) is 9.97 Å². The van der Waals surface area contributed by atoms with Gasteiger partial charge in [0.1, 0.15) is 0 Å². The van der Waals surface area contributed by atoms with Crippen LogP contribution in [0.3, 0.4) is 0 Å². The second-order valence-corrected chi connectivity index (χ2v) is 7.64. The first-order chi connectivity index (χ1) is 12.8. The van der Waals surface area contributed by atoms with Crippen LogP contribution < -0.4 is 0 Å². The molecule has 27 heavy (non-hydrogen) atoms. The molecule has 0 atom stereocenters. The molecule has 0 radical (unpaired) electrons. The molecule has 3 heteroatoms.